The molecule has 0 saturated carbocycles. The summed E-state index contributed by atoms with van der Waals surface area (Å²) in [5.74, 6) is -1.36. The van der Waals surface area contributed by atoms with E-state index >= 15 is 0 Å². The third kappa shape index (κ3) is 2.95. The van der Waals surface area contributed by atoms with E-state index in [1.807, 2.05) is 5.32 Å². The van der Waals surface area contributed by atoms with Crippen molar-refractivity contribution in [2.45, 2.75) is 6.43 Å². The van der Waals surface area contributed by atoms with E-state index in [-0.39, 0.29) is 10.8 Å². The molecule has 0 atom stereocenters. The number of nitrogens with one attached hydrogen (secondary N) is 1. The van der Waals surface area contributed by atoms with Gasteiger partial charge in [-0.25, -0.2) is 4.98 Å². The van der Waals surface area contributed by atoms with Crippen molar-refractivity contribution in [1.29, 1.82) is 0 Å². The molecule has 0 saturated heterocycles. The Morgan fingerprint density at radius 2 is 2.31 bits per heavy atom. The molecule has 6 heteroatoms. The van der Waals surface area contributed by atoms with Crippen LogP contribution in [0.2, 0.25) is 5.15 Å². The van der Waals surface area contributed by atoms with Gasteiger partial charge in [-0.2, -0.15) is 8.78 Å². The molecule has 1 rings (SSSR count). The number of hydrogen-bond donors (Lipinski definition) is 1. The van der Waals surface area contributed by atoms with Gasteiger partial charge in [0.1, 0.15) is 5.15 Å². The van der Waals surface area contributed by atoms with Gasteiger partial charge in [-0.05, 0) is 12.1 Å². The van der Waals surface area contributed by atoms with E-state index in [9.17, 15) is 13.6 Å². The maximum atomic E-state index is 11.8. The van der Waals surface area contributed by atoms with Gasteiger partial charge in [-0.3, -0.25) is 4.79 Å². The Balaban J connectivity index is 2.69. The van der Waals surface area contributed by atoms with Crippen LogP contribution in [0.1, 0.15) is 0 Å². The molecular weight excluding hydrogens is 202 g/mol. The number of amides is 1. The Labute approximate surface area is 77.7 Å². The van der Waals surface area contributed by atoms with Crippen molar-refractivity contribution in [2.75, 3.05) is 5.32 Å². The Hall–Kier alpha value is -1.23. The summed E-state index contributed by atoms with van der Waals surface area (Å²) in [4.78, 5) is 14.1. The predicted octanol–water partition coefficient (Wildman–Crippen LogP) is 1.94. The zero-order valence-electron chi connectivity index (χ0n) is 6.30. The molecule has 0 fully saturated rings. The number of alkyl halides is 2. The average Bonchev–Trinajstić information content (AvgIpc) is 2.04. The highest BCUT2D eigenvalue weighted by Crippen LogP contribution is 2.12. The van der Waals surface area contributed by atoms with E-state index in [2.05, 4.69) is 4.98 Å². The van der Waals surface area contributed by atoms with Crippen LogP contribution < -0.4 is 5.32 Å². The second kappa shape index (κ2) is 4.13. The fourth-order valence-corrected chi connectivity index (χ4v) is 0.851. The largest absolute Gasteiger partial charge is 0.321 e. The van der Waals surface area contributed by atoms with Gasteiger partial charge in [0.25, 0.3) is 5.91 Å². The third-order valence-electron chi connectivity index (χ3n) is 1.19. The fourth-order valence-electron chi connectivity index (χ4n) is 0.677. The first-order valence-electron chi connectivity index (χ1n) is 3.30. The topological polar surface area (TPSA) is 42.0 Å². The van der Waals surface area contributed by atoms with Gasteiger partial charge in [0, 0.05) is 11.9 Å². The summed E-state index contributed by atoms with van der Waals surface area (Å²) in [5.41, 5.74) is 0.199. The molecule has 0 radical (unpaired) electrons. The zero-order chi connectivity index (χ0) is 9.84. The van der Waals surface area contributed by atoms with Crippen molar-refractivity contribution in [3.05, 3.63) is 23.5 Å². The van der Waals surface area contributed by atoms with Gasteiger partial charge in [0.2, 0.25) is 0 Å². The summed E-state index contributed by atoms with van der Waals surface area (Å²) in [6.07, 6.45) is -1.73. The molecule has 0 bridgehead atoms. The van der Waals surface area contributed by atoms with Gasteiger partial charge in [-0.1, -0.05) is 11.6 Å². The SMILES string of the molecule is O=C(Nc1ccnc(Cl)c1)C(F)F. The molecule has 1 amide bonds. The number of carbonyl (C=O) groups is 1. The molecule has 0 aliphatic carbocycles. The van der Waals surface area contributed by atoms with Crippen LogP contribution in [-0.2, 0) is 4.79 Å². The zero-order valence-corrected chi connectivity index (χ0v) is 7.05. The third-order valence-corrected chi connectivity index (χ3v) is 1.40. The van der Waals surface area contributed by atoms with Gasteiger partial charge in [0.15, 0.2) is 0 Å². The lowest BCUT2D eigenvalue weighted by Crippen LogP contribution is -2.19. The van der Waals surface area contributed by atoms with E-state index in [4.69, 9.17) is 11.6 Å². The first kappa shape index (κ1) is 9.85. The summed E-state index contributed by atoms with van der Waals surface area (Å²) >= 11 is 5.46. The van der Waals surface area contributed by atoms with Crippen LogP contribution in [0.4, 0.5) is 14.5 Å². The first-order valence-corrected chi connectivity index (χ1v) is 3.68. The summed E-state index contributed by atoms with van der Waals surface area (Å²) in [7, 11) is 0. The number of aromatic nitrogens is 1. The van der Waals surface area contributed by atoms with Gasteiger partial charge < -0.3 is 5.32 Å². The van der Waals surface area contributed by atoms with Crippen molar-refractivity contribution in [3.8, 4) is 0 Å². The van der Waals surface area contributed by atoms with Crippen LogP contribution in [0.5, 0.6) is 0 Å². The molecule has 0 aliphatic heterocycles. The number of carbonyl (C=O) groups excluding carboxylic acids is 1. The average molecular weight is 207 g/mol. The lowest BCUT2D eigenvalue weighted by molar-refractivity contribution is -0.126. The molecule has 0 spiro atoms. The van der Waals surface area contributed by atoms with Crippen LogP contribution in [0, 0.1) is 0 Å². The maximum Gasteiger partial charge on any atom is 0.315 e. The van der Waals surface area contributed by atoms with E-state index in [1.54, 1.807) is 0 Å². The molecule has 1 N–H and O–H groups in total. The van der Waals surface area contributed by atoms with E-state index in [1.165, 1.54) is 18.3 Å². The van der Waals surface area contributed by atoms with E-state index in [0.29, 0.717) is 0 Å². The monoisotopic (exact) mass is 206 g/mol. The molecule has 1 aromatic rings. The van der Waals surface area contributed by atoms with E-state index < -0.39 is 12.3 Å². The molecule has 70 valence electrons. The smallest absolute Gasteiger partial charge is 0.315 e. The quantitative estimate of drug-likeness (QED) is 0.752. The number of halogens is 3. The minimum atomic E-state index is -3.04. The Morgan fingerprint density at radius 1 is 1.62 bits per heavy atom. The summed E-state index contributed by atoms with van der Waals surface area (Å²) < 4.78 is 23.5. The number of anilines is 1. The summed E-state index contributed by atoms with van der Waals surface area (Å²) in [6.45, 7) is 0. The minimum Gasteiger partial charge on any atom is -0.321 e. The standard InChI is InChI=1S/C7H5ClF2N2O/c8-5-3-4(1-2-11-5)12-7(13)6(9)10/h1-3,6H,(H,11,12,13). The molecule has 0 unspecified atom stereocenters. The fraction of sp³-hybridized carbons (Fsp3) is 0.143. The van der Waals surface area contributed by atoms with Crippen LogP contribution in [-0.4, -0.2) is 17.3 Å². The van der Waals surface area contributed by atoms with Gasteiger partial charge in [0.05, 0.1) is 0 Å². The lowest BCUT2D eigenvalue weighted by atomic mass is 10.4. The minimum absolute atomic E-state index is 0.132. The summed E-state index contributed by atoms with van der Waals surface area (Å²) in [5, 5.41) is 2.10. The van der Waals surface area contributed by atoms with Gasteiger partial charge in [-0.15, -0.1) is 0 Å². The van der Waals surface area contributed by atoms with Gasteiger partial charge >= 0.3 is 6.43 Å². The molecule has 0 aromatic carbocycles. The van der Waals surface area contributed by atoms with Crippen molar-refractivity contribution < 1.29 is 13.6 Å². The number of nitrogens with zero attached hydrogens (tertiary/aromatic N) is 1. The normalized spacial score (nSPS) is 10.2. The van der Waals surface area contributed by atoms with Crippen molar-refractivity contribution >= 4 is 23.2 Å². The molecule has 1 aromatic heterocycles. The van der Waals surface area contributed by atoms with Crippen molar-refractivity contribution in [3.63, 3.8) is 0 Å². The number of rotatable bonds is 2. The highest BCUT2D eigenvalue weighted by Gasteiger charge is 2.14. The number of hydrogen-bond acceptors (Lipinski definition) is 2. The summed E-state index contributed by atoms with van der Waals surface area (Å²) in [6, 6.07) is 2.65. The number of pyridine rings is 1. The van der Waals surface area contributed by atoms with Crippen molar-refractivity contribution in [1.82, 2.24) is 4.98 Å². The Morgan fingerprint density at radius 3 is 2.85 bits per heavy atom. The second-order valence-corrected chi connectivity index (χ2v) is 2.54. The molecule has 3 nitrogen and oxygen atoms in total. The van der Waals surface area contributed by atoms with E-state index in [0.717, 1.165) is 0 Å². The first-order chi connectivity index (χ1) is 6.09. The molecule has 0 aliphatic rings. The highest BCUT2D eigenvalue weighted by molar-refractivity contribution is 6.29. The molecule has 13 heavy (non-hydrogen) atoms. The lowest BCUT2D eigenvalue weighted by Gasteiger charge is -2.03. The van der Waals surface area contributed by atoms with Crippen molar-refractivity contribution in [2.24, 2.45) is 0 Å². The maximum absolute atomic E-state index is 11.8. The van der Waals surface area contributed by atoms with Crippen LogP contribution in [0.25, 0.3) is 0 Å². The Kier molecular flexibility index (Phi) is 3.13. The highest BCUT2D eigenvalue weighted by atomic mass is 35.5. The Bertz CT molecular complexity index is 319. The second-order valence-electron chi connectivity index (χ2n) is 2.16. The predicted molar refractivity (Wildman–Crippen MR) is 43.9 cm³/mol. The van der Waals surface area contributed by atoms with Crippen LogP contribution >= 0.6 is 11.6 Å². The molecule has 1 heterocycles. The van der Waals surface area contributed by atoms with Crippen LogP contribution in [0.3, 0.4) is 0 Å². The molecular formula is C7H5ClF2N2O. The van der Waals surface area contributed by atoms with Crippen LogP contribution in [0.15, 0.2) is 18.3 Å².